The molecular weight excluding hydrogens is 611 g/mol. The first-order valence-electron chi connectivity index (χ1n) is 21.2. The molecule has 3 N–H and O–H groups in total. The van der Waals surface area contributed by atoms with Gasteiger partial charge < -0.3 is 5.73 Å². The molecule has 5 heteroatoms. The number of nitrogens with two attached hydrogens (primary N) is 1. The Morgan fingerprint density at radius 3 is 1.10 bits per heavy atom. The smallest absolute Gasteiger partial charge is 0.294 e. The number of hydrogen-bond donors (Lipinski definition) is 2. The molecule has 0 aliphatic rings. The quantitative estimate of drug-likeness (QED) is 0.0556. The molecule has 0 aliphatic heterocycles. The number of aryl methyl sites for hydroxylation is 1. The third-order valence-corrected chi connectivity index (χ3v) is 10.9. The molecule has 1 rings (SSSR count). The van der Waals surface area contributed by atoms with Gasteiger partial charge in [0.25, 0.3) is 10.1 Å². The minimum Gasteiger partial charge on any atom is -0.328 e. The van der Waals surface area contributed by atoms with Crippen molar-refractivity contribution in [2.24, 2.45) is 5.73 Å². The summed E-state index contributed by atoms with van der Waals surface area (Å²) in [5.41, 5.74) is 7.02. The molecule has 48 heavy (non-hydrogen) atoms. The maximum Gasteiger partial charge on any atom is 0.294 e. The van der Waals surface area contributed by atoms with Crippen molar-refractivity contribution >= 4 is 10.1 Å². The highest BCUT2D eigenvalue weighted by Crippen LogP contribution is 2.19. The zero-order valence-corrected chi connectivity index (χ0v) is 33.3. The Hall–Kier alpha value is -0.910. The van der Waals surface area contributed by atoms with Crippen molar-refractivity contribution in [2.75, 3.05) is 0 Å². The van der Waals surface area contributed by atoms with Gasteiger partial charge in [0.2, 0.25) is 0 Å². The lowest BCUT2D eigenvalue weighted by Crippen LogP contribution is -2.19. The van der Waals surface area contributed by atoms with Gasteiger partial charge in [0.15, 0.2) is 0 Å². The zero-order valence-electron chi connectivity index (χ0n) is 32.5. The molecule has 0 saturated carbocycles. The van der Waals surface area contributed by atoms with Crippen LogP contribution in [0.1, 0.15) is 232 Å². The van der Waals surface area contributed by atoms with Crippen LogP contribution in [0.2, 0.25) is 0 Å². The zero-order chi connectivity index (χ0) is 35.4. The van der Waals surface area contributed by atoms with Crippen molar-refractivity contribution in [2.45, 2.75) is 244 Å². The molecule has 0 aromatic heterocycles. The van der Waals surface area contributed by atoms with E-state index in [1.807, 2.05) is 6.07 Å². The Kier molecular flexibility index (Phi) is 35.2. The summed E-state index contributed by atoms with van der Waals surface area (Å²) in [7, 11) is -4.10. The average molecular weight is 694 g/mol. The van der Waals surface area contributed by atoms with Gasteiger partial charge in [-0.25, -0.2) is 0 Å². The van der Waals surface area contributed by atoms with Gasteiger partial charge >= 0.3 is 0 Å². The summed E-state index contributed by atoms with van der Waals surface area (Å²) in [6, 6.07) is 7.20. The van der Waals surface area contributed by atoms with Gasteiger partial charge in [-0.05, 0) is 37.3 Å². The maximum absolute atomic E-state index is 11.3. The van der Waals surface area contributed by atoms with Crippen molar-refractivity contribution in [1.29, 1.82) is 0 Å². The van der Waals surface area contributed by atoms with Crippen LogP contribution in [-0.2, 0) is 16.5 Å². The lowest BCUT2D eigenvalue weighted by molar-refractivity contribution is 0.478. The molecule has 0 unspecified atom stereocenters. The third kappa shape index (κ3) is 32.3. The van der Waals surface area contributed by atoms with Crippen LogP contribution in [0.5, 0.6) is 0 Å². The summed E-state index contributed by atoms with van der Waals surface area (Å²) in [6.07, 6.45) is 44.3. The second-order valence-electron chi connectivity index (χ2n) is 14.7. The predicted octanol–water partition coefficient (Wildman–Crippen LogP) is 14.3. The van der Waals surface area contributed by atoms with Crippen molar-refractivity contribution in [3.05, 3.63) is 29.8 Å². The van der Waals surface area contributed by atoms with Crippen LogP contribution in [0.15, 0.2) is 29.2 Å². The Morgan fingerprint density at radius 2 is 0.771 bits per heavy atom. The Morgan fingerprint density at radius 1 is 0.479 bits per heavy atom. The fourth-order valence-corrected chi connectivity index (χ4v) is 7.45. The van der Waals surface area contributed by atoms with Crippen LogP contribution >= 0.6 is 0 Å². The van der Waals surface area contributed by atoms with Crippen LogP contribution in [-0.4, -0.2) is 19.0 Å². The molecule has 1 aromatic carbocycles. The second kappa shape index (κ2) is 35.9. The van der Waals surface area contributed by atoms with Crippen LogP contribution in [0, 0.1) is 0 Å². The van der Waals surface area contributed by atoms with E-state index in [-0.39, 0.29) is 4.90 Å². The molecule has 0 radical (unpaired) electrons. The summed E-state index contributed by atoms with van der Waals surface area (Å²) in [5, 5.41) is 0. The molecule has 284 valence electrons. The lowest BCUT2D eigenvalue weighted by Gasteiger charge is -2.11. The molecule has 0 spiro atoms. The van der Waals surface area contributed by atoms with Crippen molar-refractivity contribution < 1.29 is 13.0 Å². The monoisotopic (exact) mass is 694 g/mol. The van der Waals surface area contributed by atoms with Crippen molar-refractivity contribution in [3.8, 4) is 0 Å². The Balaban J connectivity index is 0.000000932. The SMILES string of the molecule is CCCCCCCCCCCCC(N)CCCCCCCCCCCC.CCCCCCCCCCCCc1ccccc1S(=O)(=O)O. The van der Waals surface area contributed by atoms with Gasteiger partial charge in [0, 0.05) is 6.04 Å². The third-order valence-electron chi connectivity index (χ3n) is 9.91. The van der Waals surface area contributed by atoms with Gasteiger partial charge in [0.1, 0.15) is 0 Å². The number of rotatable bonds is 34. The van der Waals surface area contributed by atoms with Gasteiger partial charge in [-0.3, -0.25) is 4.55 Å². The van der Waals surface area contributed by atoms with E-state index < -0.39 is 10.1 Å². The fourth-order valence-electron chi connectivity index (χ4n) is 6.70. The first-order chi connectivity index (χ1) is 23.4. The highest BCUT2D eigenvalue weighted by Gasteiger charge is 2.13. The van der Waals surface area contributed by atoms with E-state index in [0.29, 0.717) is 12.5 Å². The Bertz CT molecular complexity index is 864. The van der Waals surface area contributed by atoms with E-state index in [9.17, 15) is 13.0 Å². The molecule has 0 bridgehead atoms. The predicted molar refractivity (Wildman–Crippen MR) is 213 cm³/mol. The summed E-state index contributed by atoms with van der Waals surface area (Å²) < 4.78 is 31.8. The molecular formula is C43H83NO3S. The van der Waals surface area contributed by atoms with Crippen LogP contribution in [0.25, 0.3) is 0 Å². The van der Waals surface area contributed by atoms with Gasteiger partial charge in [-0.1, -0.05) is 225 Å². The van der Waals surface area contributed by atoms with E-state index in [2.05, 4.69) is 20.8 Å². The molecule has 0 saturated heterocycles. The average Bonchev–Trinajstić information content (AvgIpc) is 3.07. The fraction of sp³-hybridized carbons (Fsp3) is 0.860. The molecule has 0 aliphatic carbocycles. The highest BCUT2D eigenvalue weighted by atomic mass is 32.2. The maximum atomic E-state index is 11.3. The number of unbranched alkanes of at least 4 members (excludes halogenated alkanes) is 27. The topological polar surface area (TPSA) is 80.4 Å². The van der Waals surface area contributed by atoms with E-state index in [4.69, 9.17) is 5.73 Å². The van der Waals surface area contributed by atoms with Crippen LogP contribution in [0.4, 0.5) is 0 Å². The first-order valence-corrected chi connectivity index (χ1v) is 22.6. The van der Waals surface area contributed by atoms with Gasteiger partial charge in [-0.15, -0.1) is 0 Å². The van der Waals surface area contributed by atoms with Gasteiger partial charge in [-0.2, -0.15) is 8.42 Å². The molecule has 1 aromatic rings. The van der Waals surface area contributed by atoms with Crippen molar-refractivity contribution in [1.82, 2.24) is 0 Å². The highest BCUT2D eigenvalue weighted by molar-refractivity contribution is 7.85. The Labute approximate surface area is 301 Å². The minimum absolute atomic E-state index is 0.0610. The summed E-state index contributed by atoms with van der Waals surface area (Å²) >= 11 is 0. The molecule has 4 nitrogen and oxygen atoms in total. The van der Waals surface area contributed by atoms with Crippen LogP contribution < -0.4 is 5.73 Å². The number of benzene rings is 1. The minimum atomic E-state index is -4.10. The van der Waals surface area contributed by atoms with Gasteiger partial charge in [0.05, 0.1) is 4.90 Å². The second-order valence-corrected chi connectivity index (χ2v) is 16.1. The van der Waals surface area contributed by atoms with Crippen LogP contribution in [0.3, 0.4) is 0 Å². The molecule has 0 heterocycles. The normalized spacial score (nSPS) is 11.6. The lowest BCUT2D eigenvalue weighted by atomic mass is 10.00. The number of hydrogen-bond acceptors (Lipinski definition) is 3. The molecule has 0 amide bonds. The molecule has 0 fully saturated rings. The largest absolute Gasteiger partial charge is 0.328 e. The van der Waals surface area contributed by atoms with E-state index in [0.717, 1.165) is 18.4 Å². The standard InChI is InChI=1S/C25H53N.C18H30O3S/c1-3-5-7-9-11-13-15-17-19-21-23-25(26)24-22-20-18-16-14-12-10-8-6-4-2;1-2-3-4-5-6-7-8-9-10-11-14-17-15-12-13-16-18(17)22(19,20)21/h25H,3-24,26H2,1-2H3;12-13,15-16H,2-11,14H2,1H3,(H,19,20,21). The summed E-state index contributed by atoms with van der Waals surface area (Å²) in [4.78, 5) is 0.0610. The van der Waals surface area contributed by atoms with Crippen molar-refractivity contribution in [3.63, 3.8) is 0 Å². The molecule has 0 atom stereocenters. The summed E-state index contributed by atoms with van der Waals surface area (Å²) in [6.45, 7) is 6.82. The van der Waals surface area contributed by atoms with E-state index in [1.165, 1.54) is 199 Å². The first kappa shape index (κ1) is 47.1. The summed E-state index contributed by atoms with van der Waals surface area (Å²) in [5.74, 6) is 0. The van der Waals surface area contributed by atoms with E-state index >= 15 is 0 Å². The van der Waals surface area contributed by atoms with E-state index in [1.54, 1.807) is 12.1 Å².